The zero-order valence-corrected chi connectivity index (χ0v) is 17.5. The summed E-state index contributed by atoms with van der Waals surface area (Å²) >= 11 is 0. The van der Waals surface area contributed by atoms with E-state index < -0.39 is 0 Å². The van der Waals surface area contributed by atoms with E-state index in [9.17, 15) is 9.59 Å². The fourth-order valence-corrected chi connectivity index (χ4v) is 8.68. The van der Waals surface area contributed by atoms with Crippen LogP contribution >= 0.6 is 0 Å². The second kappa shape index (κ2) is 5.55. The van der Waals surface area contributed by atoms with E-state index in [2.05, 4.69) is 34.6 Å². The summed E-state index contributed by atoms with van der Waals surface area (Å²) < 4.78 is 0. The van der Waals surface area contributed by atoms with Gasteiger partial charge in [-0.3, -0.25) is 9.59 Å². The molecule has 0 radical (unpaired) electrons. The van der Waals surface area contributed by atoms with E-state index in [4.69, 9.17) is 0 Å². The molecule has 0 aromatic rings. The van der Waals surface area contributed by atoms with Gasteiger partial charge in [-0.25, -0.2) is 0 Å². The molecule has 0 aromatic heterocycles. The van der Waals surface area contributed by atoms with Crippen molar-refractivity contribution in [1.29, 1.82) is 0 Å². The van der Waals surface area contributed by atoms with Gasteiger partial charge in [0.05, 0.1) is 0 Å². The molecule has 0 heterocycles. The van der Waals surface area contributed by atoms with Crippen molar-refractivity contribution < 1.29 is 9.59 Å². The van der Waals surface area contributed by atoms with Crippen LogP contribution in [0.15, 0.2) is 11.6 Å². The van der Waals surface area contributed by atoms with Gasteiger partial charge in [0.1, 0.15) is 5.78 Å². The number of hydrogen-bond acceptors (Lipinski definition) is 2. The van der Waals surface area contributed by atoms with Crippen LogP contribution < -0.4 is 0 Å². The van der Waals surface area contributed by atoms with Crippen molar-refractivity contribution >= 4 is 11.6 Å². The van der Waals surface area contributed by atoms with E-state index in [0.717, 1.165) is 19.3 Å². The average molecular weight is 357 g/mol. The summed E-state index contributed by atoms with van der Waals surface area (Å²) in [5, 5.41) is 0. The predicted octanol–water partition coefficient (Wildman–Crippen LogP) is 5.61. The number of carbonyl (C=O) groups excluding carboxylic acids is 2. The van der Waals surface area contributed by atoms with Gasteiger partial charge in [-0.2, -0.15) is 0 Å². The molecule has 0 saturated heterocycles. The Labute approximate surface area is 159 Å². The Hall–Kier alpha value is -0.920. The molecule has 0 aromatic carbocycles. The molecule has 2 heteroatoms. The SMILES string of the molecule is CC(=O)[C@H]1C(C)(C)C(C)[C@H]2[C@@H]3CCC4=CC(=O)CC[C@]4(C)[C@H]3CC[C@@]21C. The second-order valence-electron chi connectivity index (χ2n) is 11.1. The van der Waals surface area contributed by atoms with Gasteiger partial charge in [0.2, 0.25) is 0 Å². The van der Waals surface area contributed by atoms with Crippen LogP contribution in [0.4, 0.5) is 0 Å². The first-order valence-electron chi connectivity index (χ1n) is 10.8. The molecule has 4 aliphatic rings. The monoisotopic (exact) mass is 356 g/mol. The van der Waals surface area contributed by atoms with Crippen LogP contribution in [0.1, 0.15) is 80.1 Å². The van der Waals surface area contributed by atoms with Crippen LogP contribution in [0, 0.1) is 45.8 Å². The van der Waals surface area contributed by atoms with Crippen LogP contribution in [0.25, 0.3) is 0 Å². The first kappa shape index (κ1) is 18.4. The zero-order chi connectivity index (χ0) is 19.1. The van der Waals surface area contributed by atoms with Crippen LogP contribution in [-0.4, -0.2) is 11.6 Å². The summed E-state index contributed by atoms with van der Waals surface area (Å²) in [6.45, 7) is 13.8. The van der Waals surface area contributed by atoms with Crippen LogP contribution in [0.2, 0.25) is 0 Å². The van der Waals surface area contributed by atoms with Crippen LogP contribution in [0.5, 0.6) is 0 Å². The Balaban J connectivity index is 1.76. The fourth-order valence-electron chi connectivity index (χ4n) is 8.68. The first-order valence-corrected chi connectivity index (χ1v) is 10.8. The summed E-state index contributed by atoms with van der Waals surface area (Å²) in [5.41, 5.74) is 1.89. The molecule has 3 saturated carbocycles. The van der Waals surface area contributed by atoms with E-state index in [-0.39, 0.29) is 22.2 Å². The molecular weight excluding hydrogens is 320 g/mol. The van der Waals surface area contributed by atoms with Crippen LogP contribution in [-0.2, 0) is 9.59 Å². The average Bonchev–Trinajstić information content (AvgIpc) is 2.70. The van der Waals surface area contributed by atoms with Crippen molar-refractivity contribution in [1.82, 2.24) is 0 Å². The van der Waals surface area contributed by atoms with Crippen molar-refractivity contribution in [2.75, 3.05) is 0 Å². The number of fused-ring (bicyclic) bond motifs is 5. The minimum absolute atomic E-state index is 0.0830. The third kappa shape index (κ3) is 2.17. The molecule has 3 fully saturated rings. The Bertz CT molecular complexity index is 686. The van der Waals surface area contributed by atoms with Crippen molar-refractivity contribution in [2.45, 2.75) is 80.1 Å². The molecule has 144 valence electrons. The van der Waals surface area contributed by atoms with Gasteiger partial charge in [-0.05, 0) is 85.0 Å². The molecule has 0 spiro atoms. The summed E-state index contributed by atoms with van der Waals surface area (Å²) in [6, 6.07) is 0. The van der Waals surface area contributed by atoms with Crippen molar-refractivity contribution in [3.8, 4) is 0 Å². The minimum Gasteiger partial charge on any atom is -0.300 e. The lowest BCUT2D eigenvalue weighted by Crippen LogP contribution is -2.51. The number of Topliss-reactive ketones (excluding diaryl/α,β-unsaturated/α-hetero) is 1. The summed E-state index contributed by atoms with van der Waals surface area (Å²) in [7, 11) is 0. The zero-order valence-electron chi connectivity index (χ0n) is 17.5. The molecular formula is C24H36O2. The maximum absolute atomic E-state index is 12.7. The number of allylic oxidation sites excluding steroid dienone is 1. The second-order valence-corrected chi connectivity index (χ2v) is 11.1. The Morgan fingerprint density at radius 2 is 1.77 bits per heavy atom. The Morgan fingerprint density at radius 1 is 1.08 bits per heavy atom. The molecule has 2 nitrogen and oxygen atoms in total. The van der Waals surface area contributed by atoms with Gasteiger partial charge in [0, 0.05) is 12.3 Å². The standard InChI is InChI=1S/C24H36O2/c1-14-20-18-8-7-16-13-17(26)9-11-23(16,5)19(18)10-12-24(20,6)21(15(2)25)22(14,3)4/h13-14,18-21H,7-12H2,1-6H3/t14?,18-,19+,20+,21+,23+,24+/m1/s1. The number of carbonyl (C=O) groups is 2. The molecule has 0 bridgehead atoms. The smallest absolute Gasteiger partial charge is 0.155 e. The van der Waals surface area contributed by atoms with E-state index in [0.29, 0.717) is 35.2 Å². The molecule has 26 heavy (non-hydrogen) atoms. The highest BCUT2D eigenvalue weighted by atomic mass is 16.1. The van der Waals surface area contributed by atoms with E-state index in [1.165, 1.54) is 24.8 Å². The Morgan fingerprint density at radius 3 is 2.42 bits per heavy atom. The maximum Gasteiger partial charge on any atom is 0.155 e. The molecule has 4 rings (SSSR count). The lowest BCUT2D eigenvalue weighted by Gasteiger charge is -2.58. The minimum atomic E-state index is 0.0830. The lowest BCUT2D eigenvalue weighted by atomic mass is 9.46. The fraction of sp³-hybridized carbons (Fsp3) is 0.833. The molecule has 7 atom stereocenters. The molecule has 0 aliphatic heterocycles. The van der Waals surface area contributed by atoms with Gasteiger partial charge in [-0.1, -0.05) is 40.2 Å². The third-order valence-electron chi connectivity index (χ3n) is 9.78. The molecule has 4 aliphatic carbocycles. The number of ketones is 2. The molecule has 1 unspecified atom stereocenters. The van der Waals surface area contributed by atoms with E-state index in [1.807, 2.05) is 13.0 Å². The maximum atomic E-state index is 12.7. The normalized spacial score (nSPS) is 49.7. The van der Waals surface area contributed by atoms with Crippen molar-refractivity contribution in [2.24, 2.45) is 45.8 Å². The highest BCUT2D eigenvalue weighted by Crippen LogP contribution is 2.71. The lowest BCUT2D eigenvalue weighted by molar-refractivity contribution is -0.131. The molecule has 0 N–H and O–H groups in total. The quantitative estimate of drug-likeness (QED) is 0.612. The largest absolute Gasteiger partial charge is 0.300 e. The summed E-state index contributed by atoms with van der Waals surface area (Å²) in [6.07, 6.45) is 8.46. The van der Waals surface area contributed by atoms with Gasteiger partial charge in [-0.15, -0.1) is 0 Å². The first-order chi connectivity index (χ1) is 12.0. The van der Waals surface area contributed by atoms with E-state index >= 15 is 0 Å². The third-order valence-corrected chi connectivity index (χ3v) is 9.78. The van der Waals surface area contributed by atoms with Gasteiger partial charge in [0.15, 0.2) is 5.78 Å². The summed E-state index contributed by atoms with van der Waals surface area (Å²) in [4.78, 5) is 24.7. The Kier molecular flexibility index (Phi) is 3.94. The number of hydrogen-bond donors (Lipinski definition) is 0. The number of rotatable bonds is 1. The molecule has 0 amide bonds. The van der Waals surface area contributed by atoms with Crippen molar-refractivity contribution in [3.63, 3.8) is 0 Å². The van der Waals surface area contributed by atoms with E-state index in [1.54, 1.807) is 0 Å². The summed E-state index contributed by atoms with van der Waals surface area (Å²) in [5.74, 6) is 3.54. The van der Waals surface area contributed by atoms with Gasteiger partial charge < -0.3 is 0 Å². The van der Waals surface area contributed by atoms with Gasteiger partial charge >= 0.3 is 0 Å². The van der Waals surface area contributed by atoms with Crippen LogP contribution in [0.3, 0.4) is 0 Å². The highest BCUT2D eigenvalue weighted by molar-refractivity contribution is 5.91. The van der Waals surface area contributed by atoms with Gasteiger partial charge in [0.25, 0.3) is 0 Å². The topological polar surface area (TPSA) is 34.1 Å². The van der Waals surface area contributed by atoms with Crippen molar-refractivity contribution in [3.05, 3.63) is 11.6 Å². The predicted molar refractivity (Wildman–Crippen MR) is 105 cm³/mol. The highest BCUT2D eigenvalue weighted by Gasteiger charge is 2.67.